The Bertz CT molecular complexity index is 883. The predicted octanol–water partition coefficient (Wildman–Crippen LogP) is 4.88. The first-order valence-electron chi connectivity index (χ1n) is 12.0. The van der Waals surface area contributed by atoms with E-state index in [1.807, 2.05) is 13.0 Å². The molecule has 2 aromatic rings. The summed E-state index contributed by atoms with van der Waals surface area (Å²) in [5.41, 5.74) is 1.75. The Morgan fingerprint density at radius 1 is 1.24 bits per heavy atom. The van der Waals surface area contributed by atoms with E-state index in [0.717, 1.165) is 68.4 Å². The van der Waals surface area contributed by atoms with Crippen LogP contribution < -0.4 is 4.74 Å². The van der Waals surface area contributed by atoms with Crippen molar-refractivity contribution in [1.82, 2.24) is 15.0 Å². The number of ketones is 1. The molecule has 0 aromatic carbocycles. The summed E-state index contributed by atoms with van der Waals surface area (Å²) in [5, 5.41) is 4.30. The van der Waals surface area contributed by atoms with Crippen LogP contribution in [0.3, 0.4) is 0 Å². The number of halogens is 2. The number of ether oxygens (including phenoxy) is 1. The number of aromatic nitrogens is 2. The monoisotopic (exact) mass is 481 g/mol. The van der Waals surface area contributed by atoms with Gasteiger partial charge in [0.15, 0.2) is 6.61 Å². The third kappa shape index (κ3) is 7.30. The van der Waals surface area contributed by atoms with Gasteiger partial charge in [-0.3, -0.25) is 4.79 Å². The third-order valence-corrected chi connectivity index (χ3v) is 7.87. The SMILES string of the molecule is Cc1cc(CC(=O)CC2CCC(CCN3CCc4nc(OCC(F)F)sc4CC3)CC2)no1. The van der Waals surface area contributed by atoms with Gasteiger partial charge in [-0.25, -0.2) is 13.8 Å². The molecule has 0 radical (unpaired) electrons. The van der Waals surface area contributed by atoms with E-state index in [2.05, 4.69) is 15.0 Å². The number of aryl methyl sites for hydroxylation is 1. The molecule has 9 heteroatoms. The topological polar surface area (TPSA) is 68.5 Å². The van der Waals surface area contributed by atoms with Crippen LogP contribution in [-0.4, -0.2) is 53.5 Å². The molecule has 1 fully saturated rings. The highest BCUT2D eigenvalue weighted by atomic mass is 32.1. The third-order valence-electron chi connectivity index (χ3n) is 6.80. The minimum atomic E-state index is -2.47. The van der Waals surface area contributed by atoms with E-state index < -0.39 is 13.0 Å². The number of nitrogens with zero attached hydrogens (tertiary/aromatic N) is 3. The lowest BCUT2D eigenvalue weighted by Gasteiger charge is -2.30. The van der Waals surface area contributed by atoms with Gasteiger partial charge in [0, 0.05) is 36.9 Å². The van der Waals surface area contributed by atoms with Gasteiger partial charge in [0.1, 0.15) is 11.5 Å². The lowest BCUT2D eigenvalue weighted by atomic mass is 9.78. The summed E-state index contributed by atoms with van der Waals surface area (Å²) >= 11 is 1.42. The number of hydrogen-bond donors (Lipinski definition) is 0. The summed E-state index contributed by atoms with van der Waals surface area (Å²) in [4.78, 5) is 20.5. The summed E-state index contributed by atoms with van der Waals surface area (Å²) in [5.74, 6) is 2.25. The second kappa shape index (κ2) is 11.5. The van der Waals surface area contributed by atoms with E-state index in [0.29, 0.717) is 24.0 Å². The standard InChI is InChI=1S/C24H33F2N3O3S/c1-16-12-19(28-32-16)14-20(30)13-18-4-2-17(3-5-18)6-9-29-10-7-21-22(8-11-29)33-24(27-21)31-15-23(25)26/h12,17-18,23H,2-11,13-15H2,1H3. The van der Waals surface area contributed by atoms with Crippen molar-refractivity contribution in [3.8, 4) is 5.19 Å². The van der Waals surface area contributed by atoms with Crippen LogP contribution in [0.2, 0.25) is 0 Å². The zero-order valence-corrected chi connectivity index (χ0v) is 20.0. The molecule has 182 valence electrons. The van der Waals surface area contributed by atoms with Crippen LogP contribution in [0.4, 0.5) is 8.78 Å². The molecule has 0 amide bonds. The van der Waals surface area contributed by atoms with Crippen molar-refractivity contribution >= 4 is 17.1 Å². The summed E-state index contributed by atoms with van der Waals surface area (Å²) in [6.07, 6.45) is 6.20. The van der Waals surface area contributed by atoms with E-state index in [9.17, 15) is 13.6 Å². The molecule has 0 spiro atoms. The molecular weight excluding hydrogens is 448 g/mol. The largest absolute Gasteiger partial charge is 0.464 e. The molecule has 0 bridgehead atoms. The maximum atomic E-state index is 12.4. The summed E-state index contributed by atoms with van der Waals surface area (Å²) in [6, 6.07) is 1.84. The summed E-state index contributed by atoms with van der Waals surface area (Å²) in [6.45, 7) is 4.28. The highest BCUT2D eigenvalue weighted by Crippen LogP contribution is 2.34. The Morgan fingerprint density at radius 2 is 2.00 bits per heavy atom. The van der Waals surface area contributed by atoms with Crippen LogP contribution in [0.15, 0.2) is 10.6 Å². The van der Waals surface area contributed by atoms with Crippen molar-refractivity contribution in [2.24, 2.45) is 11.8 Å². The zero-order valence-electron chi connectivity index (χ0n) is 19.2. The number of alkyl halides is 2. The second-order valence-electron chi connectivity index (χ2n) is 9.42. The van der Waals surface area contributed by atoms with Gasteiger partial charge in [-0.2, -0.15) is 0 Å². The van der Waals surface area contributed by atoms with Gasteiger partial charge < -0.3 is 14.2 Å². The van der Waals surface area contributed by atoms with Crippen molar-refractivity contribution in [1.29, 1.82) is 0 Å². The highest BCUT2D eigenvalue weighted by Gasteiger charge is 2.25. The Balaban J connectivity index is 1.13. The van der Waals surface area contributed by atoms with Gasteiger partial charge >= 0.3 is 0 Å². The number of hydrogen-bond acceptors (Lipinski definition) is 7. The number of carbonyl (C=O) groups excluding carboxylic acids is 1. The predicted molar refractivity (Wildman–Crippen MR) is 122 cm³/mol. The van der Waals surface area contributed by atoms with Gasteiger partial charge in [-0.15, -0.1) is 0 Å². The molecule has 2 aromatic heterocycles. The second-order valence-corrected chi connectivity index (χ2v) is 10.5. The van der Waals surface area contributed by atoms with Crippen LogP contribution in [0.1, 0.15) is 60.6 Å². The van der Waals surface area contributed by atoms with Crippen molar-refractivity contribution in [2.45, 2.75) is 71.1 Å². The van der Waals surface area contributed by atoms with E-state index >= 15 is 0 Å². The minimum Gasteiger partial charge on any atom is -0.464 e. The van der Waals surface area contributed by atoms with Crippen molar-refractivity contribution in [2.75, 3.05) is 26.2 Å². The van der Waals surface area contributed by atoms with Crippen LogP contribution in [0.5, 0.6) is 5.19 Å². The van der Waals surface area contributed by atoms with Crippen LogP contribution in [0.25, 0.3) is 0 Å². The molecule has 2 aliphatic rings. The van der Waals surface area contributed by atoms with Gasteiger partial charge in [0.25, 0.3) is 11.6 Å². The molecule has 1 saturated carbocycles. The molecule has 0 atom stereocenters. The van der Waals surface area contributed by atoms with Crippen molar-refractivity contribution in [3.05, 3.63) is 28.1 Å². The Morgan fingerprint density at radius 3 is 2.73 bits per heavy atom. The quantitative estimate of drug-likeness (QED) is 0.482. The fourth-order valence-electron chi connectivity index (χ4n) is 4.99. The number of rotatable bonds is 10. The Kier molecular flexibility index (Phi) is 8.46. The van der Waals surface area contributed by atoms with Crippen LogP contribution in [0, 0.1) is 18.8 Å². The number of carbonyl (C=O) groups is 1. The van der Waals surface area contributed by atoms with E-state index in [1.54, 1.807) is 0 Å². The normalized spacial score (nSPS) is 21.7. The lowest BCUT2D eigenvalue weighted by molar-refractivity contribution is -0.119. The molecule has 4 rings (SSSR count). The smallest absolute Gasteiger partial charge is 0.273 e. The van der Waals surface area contributed by atoms with E-state index in [4.69, 9.17) is 9.26 Å². The van der Waals surface area contributed by atoms with Gasteiger partial charge in [-0.1, -0.05) is 29.3 Å². The van der Waals surface area contributed by atoms with Gasteiger partial charge in [0.2, 0.25) is 0 Å². The number of Topliss-reactive ketones (excluding diaryl/α,β-unsaturated/α-hetero) is 1. The van der Waals surface area contributed by atoms with E-state index in [1.165, 1.54) is 35.5 Å². The Labute approximate surface area is 197 Å². The van der Waals surface area contributed by atoms with Crippen LogP contribution >= 0.6 is 11.3 Å². The molecule has 33 heavy (non-hydrogen) atoms. The average Bonchev–Trinajstić information content (AvgIpc) is 3.32. The fraction of sp³-hybridized carbons (Fsp3) is 0.708. The minimum absolute atomic E-state index is 0.264. The molecule has 0 N–H and O–H groups in total. The first kappa shape index (κ1) is 24.3. The van der Waals surface area contributed by atoms with E-state index in [-0.39, 0.29) is 5.78 Å². The van der Waals surface area contributed by atoms with Gasteiger partial charge in [0.05, 0.1) is 17.8 Å². The highest BCUT2D eigenvalue weighted by molar-refractivity contribution is 7.13. The first-order valence-corrected chi connectivity index (χ1v) is 12.8. The molecule has 6 nitrogen and oxygen atoms in total. The molecule has 3 heterocycles. The molecule has 1 aliphatic carbocycles. The maximum absolute atomic E-state index is 12.4. The molecule has 0 saturated heterocycles. The zero-order chi connectivity index (χ0) is 23.2. The first-order chi connectivity index (χ1) is 15.9. The Hall–Kier alpha value is -1.87. The molecule has 0 unspecified atom stereocenters. The molecule has 1 aliphatic heterocycles. The number of fused-ring (bicyclic) bond motifs is 1. The maximum Gasteiger partial charge on any atom is 0.273 e. The fourth-order valence-corrected chi connectivity index (χ4v) is 5.94. The summed E-state index contributed by atoms with van der Waals surface area (Å²) in [7, 11) is 0. The average molecular weight is 482 g/mol. The van der Waals surface area contributed by atoms with Gasteiger partial charge in [-0.05, 0) is 51.0 Å². The lowest BCUT2D eigenvalue weighted by Crippen LogP contribution is -2.30. The van der Waals surface area contributed by atoms with Crippen molar-refractivity contribution < 1.29 is 22.8 Å². The number of thiazole rings is 1. The summed E-state index contributed by atoms with van der Waals surface area (Å²) < 4.78 is 34.8. The van der Waals surface area contributed by atoms with Crippen molar-refractivity contribution in [3.63, 3.8) is 0 Å². The molecular formula is C24H33F2N3O3S. The van der Waals surface area contributed by atoms with Crippen LogP contribution in [-0.2, 0) is 24.1 Å².